The van der Waals surface area contributed by atoms with Gasteiger partial charge >= 0.3 is 0 Å². The second-order valence-electron chi connectivity index (χ2n) is 7.07. The normalized spacial score (nSPS) is 23.0. The Morgan fingerprint density at radius 3 is 2.92 bits per heavy atom. The summed E-state index contributed by atoms with van der Waals surface area (Å²) >= 11 is 6.08. The van der Waals surface area contributed by atoms with Crippen LogP contribution in [0.15, 0.2) is 18.2 Å². The molecule has 2 aliphatic rings. The number of hydrogen-bond donors (Lipinski definition) is 1. The standard InChI is InChI=1S/C19H26ClN3O3/c1-22-15-5-2-4-13(18(22)24)11-23(12-15)19(25)16-7-6-14(20)10-17(16)26-9-3-8-21/h6-7,10,13,15H,2-5,8-9,11-12,21H2,1H3/t13-,15+/m1/s1. The van der Waals surface area contributed by atoms with Crippen LogP contribution in [-0.4, -0.2) is 60.9 Å². The molecule has 0 radical (unpaired) electrons. The molecule has 0 unspecified atom stereocenters. The summed E-state index contributed by atoms with van der Waals surface area (Å²) in [5, 5.41) is 0.520. The molecule has 1 aromatic carbocycles. The number of nitrogens with two attached hydrogens (primary N) is 1. The number of likely N-dealkylation sites (tertiary alicyclic amines) is 1. The van der Waals surface area contributed by atoms with Gasteiger partial charge < -0.3 is 20.3 Å². The SMILES string of the molecule is CN1C(=O)[C@@H]2CCC[C@H]1CN(C(=O)c1ccc(Cl)cc1OCCCN)C2. The van der Waals surface area contributed by atoms with Crippen LogP contribution in [-0.2, 0) is 4.79 Å². The van der Waals surface area contributed by atoms with E-state index in [2.05, 4.69) is 0 Å². The molecule has 26 heavy (non-hydrogen) atoms. The molecule has 2 saturated heterocycles. The van der Waals surface area contributed by atoms with Gasteiger partial charge in [-0.3, -0.25) is 9.59 Å². The molecule has 3 rings (SSSR count). The lowest BCUT2D eigenvalue weighted by atomic mass is 9.98. The van der Waals surface area contributed by atoms with E-state index in [-0.39, 0.29) is 23.8 Å². The molecular weight excluding hydrogens is 354 g/mol. The average Bonchev–Trinajstić information content (AvgIpc) is 2.80. The van der Waals surface area contributed by atoms with Gasteiger partial charge in [-0.1, -0.05) is 18.0 Å². The first-order valence-electron chi connectivity index (χ1n) is 9.19. The van der Waals surface area contributed by atoms with Crippen LogP contribution in [0.5, 0.6) is 5.75 Å². The van der Waals surface area contributed by atoms with Crippen LogP contribution < -0.4 is 10.5 Å². The summed E-state index contributed by atoms with van der Waals surface area (Å²) in [6, 6.07) is 5.14. The van der Waals surface area contributed by atoms with E-state index >= 15 is 0 Å². The van der Waals surface area contributed by atoms with Crippen molar-refractivity contribution in [3.8, 4) is 5.75 Å². The van der Waals surface area contributed by atoms with Gasteiger partial charge in [0.2, 0.25) is 5.91 Å². The molecule has 0 saturated carbocycles. The van der Waals surface area contributed by atoms with Crippen LogP contribution in [0.2, 0.25) is 5.02 Å². The van der Waals surface area contributed by atoms with Crippen molar-refractivity contribution in [1.82, 2.24) is 9.80 Å². The molecule has 2 atom stereocenters. The van der Waals surface area contributed by atoms with Crippen molar-refractivity contribution in [3.05, 3.63) is 28.8 Å². The van der Waals surface area contributed by atoms with Crippen molar-refractivity contribution in [3.63, 3.8) is 0 Å². The first-order chi connectivity index (χ1) is 12.5. The number of rotatable bonds is 5. The third kappa shape index (κ3) is 3.96. The van der Waals surface area contributed by atoms with E-state index < -0.39 is 0 Å². The van der Waals surface area contributed by atoms with E-state index in [1.54, 1.807) is 23.1 Å². The summed E-state index contributed by atoms with van der Waals surface area (Å²) in [5.74, 6) is 0.401. The number of carbonyl (C=O) groups excluding carboxylic acids is 2. The average molecular weight is 380 g/mol. The van der Waals surface area contributed by atoms with Gasteiger partial charge in [0, 0.05) is 31.2 Å². The van der Waals surface area contributed by atoms with Crippen molar-refractivity contribution in [2.75, 3.05) is 33.3 Å². The molecule has 7 heteroatoms. The van der Waals surface area contributed by atoms with Crippen LogP contribution in [0.3, 0.4) is 0 Å². The quantitative estimate of drug-likeness (QED) is 0.795. The number of halogens is 1. The Kier molecular flexibility index (Phi) is 6.04. The van der Waals surface area contributed by atoms with Crippen molar-refractivity contribution >= 4 is 23.4 Å². The highest BCUT2D eigenvalue weighted by molar-refractivity contribution is 6.30. The molecule has 0 aromatic heterocycles. The van der Waals surface area contributed by atoms with Crippen LogP contribution >= 0.6 is 11.6 Å². The van der Waals surface area contributed by atoms with Crippen molar-refractivity contribution in [2.24, 2.45) is 11.7 Å². The second-order valence-corrected chi connectivity index (χ2v) is 7.51. The Morgan fingerprint density at radius 1 is 1.35 bits per heavy atom. The summed E-state index contributed by atoms with van der Waals surface area (Å²) < 4.78 is 5.75. The number of fused-ring (bicyclic) bond motifs is 3. The molecule has 2 amide bonds. The maximum Gasteiger partial charge on any atom is 0.257 e. The van der Waals surface area contributed by atoms with Crippen LogP contribution in [0.25, 0.3) is 0 Å². The fourth-order valence-corrected chi connectivity index (χ4v) is 3.92. The Hall–Kier alpha value is -1.79. The highest BCUT2D eigenvalue weighted by atomic mass is 35.5. The summed E-state index contributed by atoms with van der Waals surface area (Å²) in [6.45, 7) is 1.98. The summed E-state index contributed by atoms with van der Waals surface area (Å²) in [6.07, 6.45) is 3.50. The zero-order valence-electron chi connectivity index (χ0n) is 15.1. The predicted octanol–water partition coefficient (Wildman–Crippen LogP) is 2.15. The summed E-state index contributed by atoms with van der Waals surface area (Å²) in [7, 11) is 1.85. The van der Waals surface area contributed by atoms with Gasteiger partial charge in [0.1, 0.15) is 5.75 Å². The van der Waals surface area contributed by atoms with E-state index in [1.807, 2.05) is 11.9 Å². The van der Waals surface area contributed by atoms with E-state index in [9.17, 15) is 9.59 Å². The number of amides is 2. The van der Waals surface area contributed by atoms with Crippen molar-refractivity contribution in [2.45, 2.75) is 31.7 Å². The number of ether oxygens (including phenoxy) is 1. The van der Waals surface area contributed by atoms with Crippen LogP contribution in [0.1, 0.15) is 36.0 Å². The first kappa shape index (κ1) is 19.0. The second kappa shape index (κ2) is 8.27. The molecule has 6 nitrogen and oxygen atoms in total. The molecule has 2 bridgehead atoms. The third-order valence-electron chi connectivity index (χ3n) is 5.27. The van der Waals surface area contributed by atoms with E-state index in [0.29, 0.717) is 49.0 Å². The highest BCUT2D eigenvalue weighted by Crippen LogP contribution is 2.30. The van der Waals surface area contributed by atoms with E-state index in [4.69, 9.17) is 22.1 Å². The fraction of sp³-hybridized carbons (Fsp3) is 0.579. The number of hydrogen-bond acceptors (Lipinski definition) is 4. The Bertz CT molecular complexity index is 682. The summed E-state index contributed by atoms with van der Waals surface area (Å²) in [4.78, 5) is 29.4. The Labute approximate surface area is 159 Å². The monoisotopic (exact) mass is 379 g/mol. The number of nitrogens with zero attached hydrogens (tertiary/aromatic N) is 2. The lowest BCUT2D eigenvalue weighted by Crippen LogP contribution is -2.42. The van der Waals surface area contributed by atoms with Gasteiger partial charge in [0.15, 0.2) is 0 Å². The number of carbonyl (C=O) groups is 2. The molecule has 2 heterocycles. The third-order valence-corrected chi connectivity index (χ3v) is 5.51. The zero-order valence-corrected chi connectivity index (χ0v) is 15.9. The maximum atomic E-state index is 13.2. The Balaban J connectivity index is 1.84. The topological polar surface area (TPSA) is 75.9 Å². The van der Waals surface area contributed by atoms with Crippen LogP contribution in [0, 0.1) is 5.92 Å². The smallest absolute Gasteiger partial charge is 0.257 e. The zero-order chi connectivity index (χ0) is 18.7. The van der Waals surface area contributed by atoms with Crippen molar-refractivity contribution in [1.29, 1.82) is 0 Å². The van der Waals surface area contributed by atoms with Gasteiger partial charge in [-0.15, -0.1) is 0 Å². The molecule has 2 aliphatic heterocycles. The molecule has 142 valence electrons. The number of likely N-dealkylation sites (N-methyl/N-ethyl adjacent to an activating group) is 1. The lowest BCUT2D eigenvalue weighted by Gasteiger charge is -2.30. The van der Waals surface area contributed by atoms with Gasteiger partial charge in [0.25, 0.3) is 5.91 Å². The minimum Gasteiger partial charge on any atom is -0.493 e. The molecule has 0 aliphatic carbocycles. The number of benzene rings is 1. The minimum absolute atomic E-state index is 0.0767. The molecule has 2 N–H and O–H groups in total. The first-order valence-corrected chi connectivity index (χ1v) is 9.57. The lowest BCUT2D eigenvalue weighted by molar-refractivity contribution is -0.134. The van der Waals surface area contributed by atoms with Gasteiger partial charge in [-0.05, 0) is 44.0 Å². The van der Waals surface area contributed by atoms with Crippen LogP contribution in [0.4, 0.5) is 0 Å². The molecule has 0 spiro atoms. The summed E-state index contributed by atoms with van der Waals surface area (Å²) in [5.41, 5.74) is 6.00. The van der Waals surface area contributed by atoms with Gasteiger partial charge in [-0.25, -0.2) is 0 Å². The predicted molar refractivity (Wildman–Crippen MR) is 100 cm³/mol. The molecular formula is C19H26ClN3O3. The fourth-order valence-electron chi connectivity index (χ4n) is 3.76. The van der Waals surface area contributed by atoms with Gasteiger partial charge in [0.05, 0.1) is 18.1 Å². The van der Waals surface area contributed by atoms with E-state index in [0.717, 1.165) is 19.3 Å². The Morgan fingerprint density at radius 2 is 2.15 bits per heavy atom. The van der Waals surface area contributed by atoms with Gasteiger partial charge in [-0.2, -0.15) is 0 Å². The molecule has 2 fully saturated rings. The van der Waals surface area contributed by atoms with E-state index in [1.165, 1.54) is 0 Å². The van der Waals surface area contributed by atoms with Crippen molar-refractivity contribution < 1.29 is 14.3 Å². The highest BCUT2D eigenvalue weighted by Gasteiger charge is 2.38. The minimum atomic E-state index is -0.120. The maximum absolute atomic E-state index is 13.2. The largest absolute Gasteiger partial charge is 0.493 e. The molecule has 1 aromatic rings.